The van der Waals surface area contributed by atoms with Crippen LogP contribution in [0.5, 0.6) is 5.75 Å². The van der Waals surface area contributed by atoms with Crippen molar-refractivity contribution in [3.05, 3.63) is 29.8 Å². The predicted octanol–water partition coefficient (Wildman–Crippen LogP) is 1.39. The third-order valence-electron chi connectivity index (χ3n) is 2.22. The molecule has 0 bridgehead atoms. The summed E-state index contributed by atoms with van der Waals surface area (Å²) in [5, 5.41) is 12.5. The highest BCUT2D eigenvalue weighted by molar-refractivity contribution is 5.27. The van der Waals surface area contributed by atoms with E-state index in [0.29, 0.717) is 11.8 Å². The number of nitrogens with one attached hydrogen (secondary N) is 1. The van der Waals surface area contributed by atoms with E-state index in [1.54, 1.807) is 12.1 Å². The normalized spacial score (nSPS) is 12.7. The van der Waals surface area contributed by atoms with Crippen molar-refractivity contribution in [2.45, 2.75) is 19.4 Å². The first-order valence-electron chi connectivity index (χ1n) is 4.96. The van der Waals surface area contributed by atoms with Crippen molar-refractivity contribution in [1.82, 2.24) is 5.32 Å². The summed E-state index contributed by atoms with van der Waals surface area (Å²) in [4.78, 5) is 0. The van der Waals surface area contributed by atoms with Crippen LogP contribution in [0.2, 0.25) is 0 Å². The van der Waals surface area contributed by atoms with Crippen LogP contribution in [0.3, 0.4) is 0 Å². The van der Waals surface area contributed by atoms with E-state index < -0.39 is 0 Å². The average Bonchev–Trinajstić information content (AvgIpc) is 2.19. The molecule has 1 aromatic rings. The van der Waals surface area contributed by atoms with Crippen LogP contribution in [0.15, 0.2) is 24.3 Å². The van der Waals surface area contributed by atoms with Gasteiger partial charge in [0.25, 0.3) is 0 Å². The maximum absolute atomic E-state index is 9.12. The Morgan fingerprint density at radius 3 is 2.57 bits per heavy atom. The highest BCUT2D eigenvalue weighted by Crippen LogP contribution is 2.15. The van der Waals surface area contributed by atoms with Crippen molar-refractivity contribution in [3.63, 3.8) is 0 Å². The lowest BCUT2D eigenvalue weighted by Gasteiger charge is -2.13. The largest absolute Gasteiger partial charge is 0.508 e. The molecule has 14 heavy (non-hydrogen) atoms. The van der Waals surface area contributed by atoms with Crippen LogP contribution >= 0.6 is 0 Å². The molecule has 0 saturated carbocycles. The molecule has 0 aliphatic carbocycles. The van der Waals surface area contributed by atoms with Gasteiger partial charge in [0.2, 0.25) is 0 Å². The molecule has 4 N–H and O–H groups in total. The molecule has 1 atom stereocenters. The van der Waals surface area contributed by atoms with Gasteiger partial charge in [0, 0.05) is 6.04 Å². The van der Waals surface area contributed by atoms with Crippen LogP contribution in [0, 0.1) is 0 Å². The molecule has 3 heteroatoms. The Morgan fingerprint density at radius 2 is 2.00 bits per heavy atom. The van der Waals surface area contributed by atoms with Gasteiger partial charge in [0.05, 0.1) is 0 Å². The molecule has 3 nitrogen and oxygen atoms in total. The number of phenolic OH excluding ortho intramolecular Hbond substituents is 1. The summed E-state index contributed by atoms with van der Waals surface area (Å²) in [5.74, 6) is 0.308. The molecule has 1 rings (SSSR count). The molecule has 1 aromatic carbocycles. The number of rotatable bonds is 5. The zero-order valence-corrected chi connectivity index (χ0v) is 8.53. The van der Waals surface area contributed by atoms with E-state index in [4.69, 9.17) is 10.8 Å². The maximum Gasteiger partial charge on any atom is 0.115 e. The standard InChI is InChI=1S/C11H18N2O/c1-9(13-8-2-7-12)10-3-5-11(14)6-4-10/h3-6,9,13-14H,2,7-8,12H2,1H3. The molecule has 0 radical (unpaired) electrons. The number of nitrogens with two attached hydrogens (primary N) is 1. The molecule has 78 valence electrons. The third kappa shape index (κ3) is 3.36. The fourth-order valence-corrected chi connectivity index (χ4v) is 1.30. The first-order valence-corrected chi connectivity index (χ1v) is 4.96. The first-order chi connectivity index (χ1) is 6.74. The minimum atomic E-state index is 0.308. The van der Waals surface area contributed by atoms with E-state index in [-0.39, 0.29) is 0 Å². The van der Waals surface area contributed by atoms with Crippen molar-refractivity contribution in [1.29, 1.82) is 0 Å². The van der Waals surface area contributed by atoms with Gasteiger partial charge >= 0.3 is 0 Å². The molecule has 0 aliphatic heterocycles. The third-order valence-corrected chi connectivity index (χ3v) is 2.22. The summed E-state index contributed by atoms with van der Waals surface area (Å²) in [6, 6.07) is 7.57. The van der Waals surface area contributed by atoms with E-state index in [2.05, 4.69) is 12.2 Å². The minimum absolute atomic E-state index is 0.308. The van der Waals surface area contributed by atoms with Gasteiger partial charge in [-0.2, -0.15) is 0 Å². The van der Waals surface area contributed by atoms with Gasteiger partial charge in [0.1, 0.15) is 5.75 Å². The Kier molecular flexibility index (Phi) is 4.43. The van der Waals surface area contributed by atoms with Gasteiger partial charge in [-0.05, 0) is 44.1 Å². The zero-order valence-electron chi connectivity index (χ0n) is 8.53. The lowest BCUT2D eigenvalue weighted by Crippen LogP contribution is -2.21. The van der Waals surface area contributed by atoms with E-state index in [1.807, 2.05) is 12.1 Å². The van der Waals surface area contributed by atoms with Gasteiger partial charge in [-0.15, -0.1) is 0 Å². The fourth-order valence-electron chi connectivity index (χ4n) is 1.30. The number of phenols is 1. The lowest BCUT2D eigenvalue weighted by molar-refractivity contribution is 0.474. The van der Waals surface area contributed by atoms with Crippen LogP contribution in [-0.4, -0.2) is 18.2 Å². The molecule has 0 amide bonds. The van der Waals surface area contributed by atoms with Crippen molar-refractivity contribution in [2.75, 3.05) is 13.1 Å². The maximum atomic E-state index is 9.12. The molecule has 0 saturated heterocycles. The Morgan fingerprint density at radius 1 is 1.36 bits per heavy atom. The molecule has 0 heterocycles. The van der Waals surface area contributed by atoms with Crippen molar-refractivity contribution < 1.29 is 5.11 Å². The highest BCUT2D eigenvalue weighted by atomic mass is 16.3. The first kappa shape index (κ1) is 11.0. The second-order valence-electron chi connectivity index (χ2n) is 3.41. The molecule has 0 fully saturated rings. The molecule has 0 aromatic heterocycles. The van der Waals surface area contributed by atoms with Crippen molar-refractivity contribution in [3.8, 4) is 5.75 Å². The Labute approximate surface area is 84.9 Å². The molecule has 0 spiro atoms. The van der Waals surface area contributed by atoms with E-state index in [0.717, 1.165) is 19.5 Å². The van der Waals surface area contributed by atoms with Gasteiger partial charge < -0.3 is 16.2 Å². The van der Waals surface area contributed by atoms with Gasteiger partial charge in [-0.25, -0.2) is 0 Å². The van der Waals surface area contributed by atoms with Crippen LogP contribution in [0.1, 0.15) is 24.9 Å². The Balaban J connectivity index is 2.43. The lowest BCUT2D eigenvalue weighted by atomic mass is 10.1. The van der Waals surface area contributed by atoms with Crippen molar-refractivity contribution >= 4 is 0 Å². The summed E-state index contributed by atoms with van der Waals surface area (Å²) in [7, 11) is 0. The summed E-state index contributed by atoms with van der Waals surface area (Å²) in [5.41, 5.74) is 6.58. The smallest absolute Gasteiger partial charge is 0.115 e. The minimum Gasteiger partial charge on any atom is -0.508 e. The van der Waals surface area contributed by atoms with Gasteiger partial charge in [-0.1, -0.05) is 12.1 Å². The van der Waals surface area contributed by atoms with E-state index in [1.165, 1.54) is 5.56 Å². The van der Waals surface area contributed by atoms with Crippen LogP contribution < -0.4 is 11.1 Å². The summed E-state index contributed by atoms with van der Waals surface area (Å²) in [6.07, 6.45) is 0.989. The second-order valence-corrected chi connectivity index (χ2v) is 3.41. The second kappa shape index (κ2) is 5.62. The summed E-state index contributed by atoms with van der Waals surface area (Å²) < 4.78 is 0. The van der Waals surface area contributed by atoms with E-state index in [9.17, 15) is 0 Å². The SMILES string of the molecule is CC(NCCCN)c1ccc(O)cc1. The number of benzene rings is 1. The van der Waals surface area contributed by atoms with Gasteiger partial charge in [-0.3, -0.25) is 0 Å². The number of aromatic hydroxyl groups is 1. The highest BCUT2D eigenvalue weighted by Gasteiger charge is 2.03. The monoisotopic (exact) mass is 194 g/mol. The Hall–Kier alpha value is -1.06. The molecule has 0 aliphatic rings. The summed E-state index contributed by atoms with van der Waals surface area (Å²) >= 11 is 0. The summed E-state index contributed by atoms with van der Waals surface area (Å²) in [6.45, 7) is 3.75. The predicted molar refractivity (Wildman–Crippen MR) is 58.2 cm³/mol. The van der Waals surface area contributed by atoms with Gasteiger partial charge in [0.15, 0.2) is 0 Å². The fraction of sp³-hybridized carbons (Fsp3) is 0.455. The van der Waals surface area contributed by atoms with Crippen LogP contribution in [0.25, 0.3) is 0 Å². The molecule has 1 unspecified atom stereocenters. The Bertz CT molecular complexity index is 258. The zero-order chi connectivity index (χ0) is 10.4. The number of hydrogen-bond acceptors (Lipinski definition) is 3. The quantitative estimate of drug-likeness (QED) is 0.621. The molecular weight excluding hydrogens is 176 g/mol. The average molecular weight is 194 g/mol. The topological polar surface area (TPSA) is 58.3 Å². The van der Waals surface area contributed by atoms with Crippen LogP contribution in [-0.2, 0) is 0 Å². The number of hydrogen-bond donors (Lipinski definition) is 3. The van der Waals surface area contributed by atoms with Crippen LogP contribution in [0.4, 0.5) is 0 Å². The van der Waals surface area contributed by atoms with Crippen molar-refractivity contribution in [2.24, 2.45) is 5.73 Å². The molecular formula is C11H18N2O. The van der Waals surface area contributed by atoms with E-state index >= 15 is 0 Å².